The van der Waals surface area contributed by atoms with Gasteiger partial charge in [0, 0.05) is 18.8 Å². The van der Waals surface area contributed by atoms with Gasteiger partial charge in [-0.25, -0.2) is 0 Å². The number of rotatable bonds is 8. The van der Waals surface area contributed by atoms with Crippen molar-refractivity contribution in [2.45, 2.75) is 39.7 Å². The summed E-state index contributed by atoms with van der Waals surface area (Å²) in [6.45, 7) is 8.99. The van der Waals surface area contributed by atoms with Gasteiger partial charge in [0.15, 0.2) is 0 Å². The van der Waals surface area contributed by atoms with Crippen molar-refractivity contribution in [1.82, 2.24) is 0 Å². The number of nitro groups is 1. The van der Waals surface area contributed by atoms with Crippen molar-refractivity contribution in [2.75, 3.05) is 13.2 Å². The van der Waals surface area contributed by atoms with Gasteiger partial charge in [-0.15, -0.1) is 6.58 Å². The number of hydrogen-bond acceptors (Lipinski definition) is 6. The lowest BCUT2D eigenvalue weighted by molar-refractivity contribution is -0.575. The molecule has 0 radical (unpaired) electrons. The average molecular weight is 287 g/mol. The smallest absolute Gasteiger partial charge is 0.331 e. The third kappa shape index (κ3) is 2.97. The van der Waals surface area contributed by atoms with Gasteiger partial charge in [0.25, 0.3) is 0 Å². The SMILES string of the molecule is C=CCC(C(=O)OCC)(C(=O)OCC)C(C)(C)[N+](=O)[O-]. The highest BCUT2D eigenvalue weighted by Crippen LogP contribution is 2.40. The van der Waals surface area contributed by atoms with Crippen LogP contribution in [-0.4, -0.2) is 35.6 Å². The Bertz CT molecular complexity index is 384. The molecule has 0 aromatic rings. The molecular weight excluding hydrogens is 266 g/mol. The minimum Gasteiger partial charge on any atom is -0.465 e. The summed E-state index contributed by atoms with van der Waals surface area (Å²) in [5.74, 6) is -1.94. The van der Waals surface area contributed by atoms with E-state index in [-0.39, 0.29) is 19.6 Å². The molecule has 0 atom stereocenters. The summed E-state index contributed by atoms with van der Waals surface area (Å²) in [5, 5.41) is 11.3. The Hall–Kier alpha value is -1.92. The molecule has 7 nitrogen and oxygen atoms in total. The number of nitrogens with zero attached hydrogens (tertiary/aromatic N) is 1. The first-order valence-corrected chi connectivity index (χ1v) is 6.32. The predicted octanol–water partition coefficient (Wildman–Crippen LogP) is 1.73. The number of ether oxygens (including phenoxy) is 2. The summed E-state index contributed by atoms with van der Waals surface area (Å²) in [4.78, 5) is 35.1. The number of esters is 2. The van der Waals surface area contributed by atoms with Crippen LogP contribution in [0.15, 0.2) is 12.7 Å². The maximum Gasteiger partial charge on any atom is 0.331 e. The van der Waals surface area contributed by atoms with Crippen molar-refractivity contribution < 1.29 is 24.0 Å². The van der Waals surface area contributed by atoms with Crippen LogP contribution in [0.3, 0.4) is 0 Å². The molecule has 0 aliphatic carbocycles. The van der Waals surface area contributed by atoms with E-state index in [9.17, 15) is 19.7 Å². The molecule has 0 saturated heterocycles. The molecule has 0 N–H and O–H groups in total. The lowest BCUT2D eigenvalue weighted by Gasteiger charge is -2.35. The molecule has 0 spiro atoms. The van der Waals surface area contributed by atoms with E-state index >= 15 is 0 Å². The fourth-order valence-electron chi connectivity index (χ4n) is 1.88. The number of carbonyl (C=O) groups is 2. The highest BCUT2D eigenvalue weighted by molar-refractivity contribution is 6.01. The summed E-state index contributed by atoms with van der Waals surface area (Å²) in [5.41, 5.74) is -3.94. The maximum atomic E-state index is 12.2. The van der Waals surface area contributed by atoms with Crippen molar-refractivity contribution in [2.24, 2.45) is 5.41 Å². The second-order valence-electron chi connectivity index (χ2n) is 4.66. The van der Waals surface area contributed by atoms with Crippen molar-refractivity contribution >= 4 is 11.9 Å². The minimum atomic E-state index is -2.05. The first-order chi connectivity index (χ1) is 9.22. The van der Waals surface area contributed by atoms with Crippen molar-refractivity contribution in [3.8, 4) is 0 Å². The van der Waals surface area contributed by atoms with Gasteiger partial charge in [-0.3, -0.25) is 19.7 Å². The molecule has 7 heteroatoms. The standard InChI is InChI=1S/C13H21NO6/c1-6-9-13(10(15)19-7-2,11(16)20-8-3)12(4,5)14(17)18/h6H,1,7-9H2,2-5H3. The van der Waals surface area contributed by atoms with Gasteiger partial charge < -0.3 is 9.47 Å². The molecule has 20 heavy (non-hydrogen) atoms. The number of hydrogen-bond donors (Lipinski definition) is 0. The Balaban J connectivity index is 6.06. The van der Waals surface area contributed by atoms with Crippen LogP contribution in [0.25, 0.3) is 0 Å². The monoisotopic (exact) mass is 287 g/mol. The van der Waals surface area contributed by atoms with Gasteiger partial charge in [-0.05, 0) is 20.3 Å². The van der Waals surface area contributed by atoms with E-state index < -0.39 is 27.8 Å². The largest absolute Gasteiger partial charge is 0.465 e. The van der Waals surface area contributed by atoms with Crippen LogP contribution in [0.4, 0.5) is 0 Å². The molecule has 0 fully saturated rings. The molecule has 0 rings (SSSR count). The van der Waals surface area contributed by atoms with E-state index in [4.69, 9.17) is 9.47 Å². The molecule has 0 unspecified atom stereocenters. The zero-order valence-electron chi connectivity index (χ0n) is 12.3. The first-order valence-electron chi connectivity index (χ1n) is 6.32. The summed E-state index contributed by atoms with van der Waals surface area (Å²) in [6.07, 6.45) is 1.04. The van der Waals surface area contributed by atoms with Crippen LogP contribution in [0.2, 0.25) is 0 Å². The fourth-order valence-corrected chi connectivity index (χ4v) is 1.88. The molecule has 114 valence electrons. The van der Waals surface area contributed by atoms with E-state index in [2.05, 4.69) is 6.58 Å². The van der Waals surface area contributed by atoms with E-state index in [1.807, 2.05) is 0 Å². The van der Waals surface area contributed by atoms with Crippen LogP contribution in [0, 0.1) is 15.5 Å². The number of carbonyl (C=O) groups excluding carboxylic acids is 2. The molecule has 0 aromatic carbocycles. The Labute approximate surface area is 118 Å². The van der Waals surface area contributed by atoms with Crippen molar-refractivity contribution in [3.05, 3.63) is 22.8 Å². The van der Waals surface area contributed by atoms with E-state index in [0.29, 0.717) is 0 Å². The van der Waals surface area contributed by atoms with Gasteiger partial charge in [0.05, 0.1) is 13.2 Å². The van der Waals surface area contributed by atoms with E-state index in [0.717, 1.165) is 0 Å². The van der Waals surface area contributed by atoms with Gasteiger partial charge in [0.1, 0.15) is 0 Å². The zero-order chi connectivity index (χ0) is 16.0. The first kappa shape index (κ1) is 18.1. The normalized spacial score (nSPS) is 11.6. The fraction of sp³-hybridized carbons (Fsp3) is 0.692. The van der Waals surface area contributed by atoms with Crippen LogP contribution in [0.1, 0.15) is 34.1 Å². The average Bonchev–Trinajstić information content (AvgIpc) is 2.35. The van der Waals surface area contributed by atoms with Gasteiger partial charge in [0.2, 0.25) is 11.0 Å². The summed E-state index contributed by atoms with van der Waals surface area (Å²) in [6, 6.07) is 0. The molecule has 0 heterocycles. The maximum absolute atomic E-state index is 12.2. The van der Waals surface area contributed by atoms with Gasteiger partial charge >= 0.3 is 11.9 Å². The quantitative estimate of drug-likeness (QED) is 0.222. The van der Waals surface area contributed by atoms with Gasteiger partial charge in [-0.2, -0.15) is 0 Å². The lowest BCUT2D eigenvalue weighted by Crippen LogP contribution is -2.59. The zero-order valence-corrected chi connectivity index (χ0v) is 12.3. The second kappa shape index (κ2) is 7.02. The Morgan fingerprint density at radius 1 is 1.20 bits per heavy atom. The van der Waals surface area contributed by atoms with E-state index in [1.165, 1.54) is 19.9 Å². The molecule has 0 aliphatic rings. The Morgan fingerprint density at radius 3 is 1.85 bits per heavy atom. The Morgan fingerprint density at radius 2 is 1.60 bits per heavy atom. The van der Waals surface area contributed by atoms with Crippen LogP contribution >= 0.6 is 0 Å². The van der Waals surface area contributed by atoms with Crippen molar-refractivity contribution in [3.63, 3.8) is 0 Å². The molecule has 0 saturated carbocycles. The lowest BCUT2D eigenvalue weighted by atomic mass is 9.69. The molecular formula is C13H21NO6. The summed E-state index contributed by atoms with van der Waals surface area (Å²) < 4.78 is 9.74. The van der Waals surface area contributed by atoms with Gasteiger partial charge in [-0.1, -0.05) is 6.08 Å². The van der Waals surface area contributed by atoms with Crippen molar-refractivity contribution in [1.29, 1.82) is 0 Å². The Kier molecular flexibility index (Phi) is 6.35. The summed E-state index contributed by atoms with van der Waals surface area (Å²) in [7, 11) is 0. The van der Waals surface area contributed by atoms with E-state index in [1.54, 1.807) is 13.8 Å². The second-order valence-corrected chi connectivity index (χ2v) is 4.66. The highest BCUT2D eigenvalue weighted by atomic mass is 16.6. The molecule has 0 aliphatic heterocycles. The highest BCUT2D eigenvalue weighted by Gasteiger charge is 2.66. The minimum absolute atomic E-state index is 0.00489. The molecule has 0 aromatic heterocycles. The predicted molar refractivity (Wildman–Crippen MR) is 71.6 cm³/mol. The van der Waals surface area contributed by atoms with Crippen LogP contribution in [0.5, 0.6) is 0 Å². The van der Waals surface area contributed by atoms with Crippen LogP contribution in [-0.2, 0) is 19.1 Å². The molecule has 0 bridgehead atoms. The third-order valence-corrected chi connectivity index (χ3v) is 3.20. The number of allylic oxidation sites excluding steroid dienone is 1. The third-order valence-electron chi connectivity index (χ3n) is 3.20. The summed E-state index contributed by atoms with van der Waals surface area (Å²) >= 11 is 0. The molecule has 0 amide bonds. The topological polar surface area (TPSA) is 95.7 Å². The van der Waals surface area contributed by atoms with Crippen LogP contribution < -0.4 is 0 Å².